The molecule has 6 heteroatoms. The summed E-state index contributed by atoms with van der Waals surface area (Å²) in [5, 5.41) is 10.9. The molecule has 0 heterocycles. The largest absolute Gasteiger partial charge is 0.335 e. The van der Waals surface area contributed by atoms with Gasteiger partial charge in [0.05, 0.1) is 11.0 Å². The Morgan fingerprint density at radius 3 is 2.55 bits per heavy atom. The molecule has 2 aromatic carbocycles. The van der Waals surface area contributed by atoms with Gasteiger partial charge in [0.1, 0.15) is 0 Å². The summed E-state index contributed by atoms with van der Waals surface area (Å²) in [6.07, 6.45) is 0. The molecule has 22 heavy (non-hydrogen) atoms. The van der Waals surface area contributed by atoms with Crippen LogP contribution in [0.3, 0.4) is 0 Å². The number of halogens is 1. The van der Waals surface area contributed by atoms with Gasteiger partial charge in [0.15, 0.2) is 0 Å². The van der Waals surface area contributed by atoms with Crippen LogP contribution in [0, 0.1) is 10.1 Å². The number of hydrogen-bond donors (Lipinski definition) is 0. The summed E-state index contributed by atoms with van der Waals surface area (Å²) in [5.74, 6) is -0.139. The van der Waals surface area contributed by atoms with E-state index >= 15 is 0 Å². The number of nitrogens with zero attached hydrogens (tertiary/aromatic N) is 2. The van der Waals surface area contributed by atoms with Crippen LogP contribution in [-0.4, -0.2) is 22.8 Å². The molecule has 0 N–H and O–H groups in total. The van der Waals surface area contributed by atoms with Gasteiger partial charge in [-0.1, -0.05) is 34.1 Å². The first-order chi connectivity index (χ1) is 10.4. The Bertz CT molecular complexity index is 718. The third-order valence-electron chi connectivity index (χ3n) is 3.54. The SMILES string of the molecule is C[C@@H](c1cccc([N+](=O)[O-])c1)N(C)C(=O)c1cccc(Br)c1. The fourth-order valence-electron chi connectivity index (χ4n) is 2.12. The Hall–Kier alpha value is -2.21. The van der Waals surface area contributed by atoms with E-state index in [2.05, 4.69) is 15.9 Å². The lowest BCUT2D eigenvalue weighted by atomic mass is 10.1. The number of carbonyl (C=O) groups excluding carboxylic acids is 1. The van der Waals surface area contributed by atoms with Crippen LogP contribution in [0.4, 0.5) is 5.69 Å². The average molecular weight is 363 g/mol. The number of nitro groups is 1. The second-order valence-electron chi connectivity index (χ2n) is 4.95. The number of non-ortho nitro benzene ring substituents is 1. The summed E-state index contributed by atoms with van der Waals surface area (Å²) in [4.78, 5) is 24.5. The zero-order valence-electron chi connectivity index (χ0n) is 12.2. The normalized spacial score (nSPS) is 11.8. The highest BCUT2D eigenvalue weighted by atomic mass is 79.9. The zero-order chi connectivity index (χ0) is 16.3. The third kappa shape index (κ3) is 3.51. The van der Waals surface area contributed by atoms with Crippen LogP contribution < -0.4 is 0 Å². The molecule has 0 saturated carbocycles. The molecule has 2 aromatic rings. The van der Waals surface area contributed by atoms with Crippen molar-refractivity contribution < 1.29 is 9.72 Å². The maximum absolute atomic E-state index is 12.5. The molecule has 0 spiro atoms. The summed E-state index contributed by atoms with van der Waals surface area (Å²) >= 11 is 3.34. The van der Waals surface area contributed by atoms with Crippen molar-refractivity contribution >= 4 is 27.5 Å². The number of hydrogen-bond acceptors (Lipinski definition) is 3. The number of rotatable bonds is 4. The Morgan fingerprint density at radius 2 is 1.91 bits per heavy atom. The molecule has 0 aliphatic carbocycles. The number of carbonyl (C=O) groups is 1. The first kappa shape index (κ1) is 16.2. The molecule has 114 valence electrons. The van der Waals surface area contributed by atoms with E-state index in [1.807, 2.05) is 13.0 Å². The van der Waals surface area contributed by atoms with Gasteiger partial charge in [-0.3, -0.25) is 14.9 Å². The smallest absolute Gasteiger partial charge is 0.269 e. The van der Waals surface area contributed by atoms with Gasteiger partial charge in [0.25, 0.3) is 11.6 Å². The fourth-order valence-corrected chi connectivity index (χ4v) is 2.52. The highest BCUT2D eigenvalue weighted by Crippen LogP contribution is 2.24. The minimum atomic E-state index is -0.438. The molecule has 0 unspecified atom stereocenters. The second kappa shape index (κ2) is 6.70. The van der Waals surface area contributed by atoms with Gasteiger partial charge < -0.3 is 4.90 Å². The minimum Gasteiger partial charge on any atom is -0.335 e. The molecular formula is C16H15BrN2O3. The molecule has 2 rings (SSSR count). The number of nitro benzene ring substituents is 1. The van der Waals surface area contributed by atoms with Gasteiger partial charge in [0.2, 0.25) is 0 Å². The van der Waals surface area contributed by atoms with E-state index in [9.17, 15) is 14.9 Å². The standard InChI is InChI=1S/C16H15BrN2O3/c1-11(12-5-4-8-15(10-12)19(21)22)18(2)16(20)13-6-3-7-14(17)9-13/h3-11H,1-2H3/t11-/m0/s1. The predicted molar refractivity (Wildman–Crippen MR) is 87.7 cm³/mol. The molecule has 0 radical (unpaired) electrons. The van der Waals surface area contributed by atoms with E-state index in [0.29, 0.717) is 5.56 Å². The van der Waals surface area contributed by atoms with Gasteiger partial charge in [-0.15, -0.1) is 0 Å². The van der Waals surface area contributed by atoms with Crippen LogP contribution in [-0.2, 0) is 0 Å². The van der Waals surface area contributed by atoms with Crippen LogP contribution in [0.1, 0.15) is 28.9 Å². The monoisotopic (exact) mass is 362 g/mol. The van der Waals surface area contributed by atoms with Crippen molar-refractivity contribution in [3.63, 3.8) is 0 Å². The first-order valence-electron chi connectivity index (χ1n) is 6.67. The molecule has 1 amide bonds. The van der Waals surface area contributed by atoms with E-state index in [4.69, 9.17) is 0 Å². The van der Waals surface area contributed by atoms with Crippen molar-refractivity contribution in [2.24, 2.45) is 0 Å². The van der Waals surface area contributed by atoms with Crippen molar-refractivity contribution in [3.8, 4) is 0 Å². The lowest BCUT2D eigenvalue weighted by molar-refractivity contribution is -0.384. The number of amides is 1. The fraction of sp³-hybridized carbons (Fsp3) is 0.188. The first-order valence-corrected chi connectivity index (χ1v) is 7.46. The lowest BCUT2D eigenvalue weighted by Crippen LogP contribution is -2.29. The third-order valence-corrected chi connectivity index (χ3v) is 4.03. The number of benzene rings is 2. The minimum absolute atomic E-state index is 0.0210. The molecule has 0 saturated heterocycles. The Balaban J connectivity index is 2.25. The maximum atomic E-state index is 12.5. The average Bonchev–Trinajstić information content (AvgIpc) is 2.52. The summed E-state index contributed by atoms with van der Waals surface area (Å²) in [7, 11) is 1.69. The molecule has 0 bridgehead atoms. The summed E-state index contributed by atoms with van der Waals surface area (Å²) < 4.78 is 0.828. The highest BCUT2D eigenvalue weighted by molar-refractivity contribution is 9.10. The van der Waals surface area contributed by atoms with Gasteiger partial charge in [0, 0.05) is 29.2 Å². The summed E-state index contributed by atoms with van der Waals surface area (Å²) in [5.41, 5.74) is 1.31. The molecule has 0 aliphatic heterocycles. The Kier molecular flexibility index (Phi) is 4.92. The second-order valence-corrected chi connectivity index (χ2v) is 5.87. The van der Waals surface area contributed by atoms with E-state index < -0.39 is 4.92 Å². The van der Waals surface area contributed by atoms with Crippen LogP contribution in [0.25, 0.3) is 0 Å². The van der Waals surface area contributed by atoms with Crippen molar-refractivity contribution in [2.45, 2.75) is 13.0 Å². The molecule has 1 atom stereocenters. The van der Waals surface area contributed by atoms with Gasteiger partial charge in [-0.05, 0) is 30.7 Å². The molecule has 0 aliphatic rings. The molecule has 0 aromatic heterocycles. The van der Waals surface area contributed by atoms with Crippen LogP contribution in [0.2, 0.25) is 0 Å². The summed E-state index contributed by atoms with van der Waals surface area (Å²) in [6.45, 7) is 1.84. The van der Waals surface area contributed by atoms with Gasteiger partial charge in [-0.25, -0.2) is 0 Å². The van der Waals surface area contributed by atoms with E-state index in [0.717, 1.165) is 10.0 Å². The molecule has 0 fully saturated rings. The Labute approximate surface area is 136 Å². The maximum Gasteiger partial charge on any atom is 0.269 e. The van der Waals surface area contributed by atoms with Crippen molar-refractivity contribution in [1.29, 1.82) is 0 Å². The van der Waals surface area contributed by atoms with Crippen LogP contribution in [0.5, 0.6) is 0 Å². The van der Waals surface area contributed by atoms with Gasteiger partial charge in [-0.2, -0.15) is 0 Å². The van der Waals surface area contributed by atoms with Crippen molar-refractivity contribution in [1.82, 2.24) is 4.90 Å². The zero-order valence-corrected chi connectivity index (χ0v) is 13.8. The van der Waals surface area contributed by atoms with E-state index in [-0.39, 0.29) is 17.6 Å². The summed E-state index contributed by atoms with van der Waals surface area (Å²) in [6, 6.07) is 13.2. The highest BCUT2D eigenvalue weighted by Gasteiger charge is 2.20. The van der Waals surface area contributed by atoms with Crippen LogP contribution in [0.15, 0.2) is 53.0 Å². The van der Waals surface area contributed by atoms with E-state index in [1.54, 1.807) is 42.3 Å². The van der Waals surface area contributed by atoms with Crippen molar-refractivity contribution in [2.75, 3.05) is 7.05 Å². The van der Waals surface area contributed by atoms with Crippen LogP contribution >= 0.6 is 15.9 Å². The molecular weight excluding hydrogens is 348 g/mol. The van der Waals surface area contributed by atoms with E-state index in [1.165, 1.54) is 12.1 Å². The quantitative estimate of drug-likeness (QED) is 0.604. The van der Waals surface area contributed by atoms with Gasteiger partial charge >= 0.3 is 0 Å². The van der Waals surface area contributed by atoms with Crippen molar-refractivity contribution in [3.05, 3.63) is 74.2 Å². The molecule has 5 nitrogen and oxygen atoms in total. The predicted octanol–water partition coefficient (Wildman–Crippen LogP) is 4.19. The topological polar surface area (TPSA) is 63.5 Å². The Morgan fingerprint density at radius 1 is 1.23 bits per heavy atom. The lowest BCUT2D eigenvalue weighted by Gasteiger charge is -2.25.